The molecule has 0 aromatic heterocycles. The molecular formula is C8H5F3O. The molecule has 0 bridgehead atoms. The number of allylic oxidation sites excluding steroid dienone is 3. The summed E-state index contributed by atoms with van der Waals surface area (Å²) in [6.45, 7) is 1.70. The monoisotopic (exact) mass is 174 g/mol. The molecule has 1 aliphatic rings. The Labute approximate surface area is 67.1 Å². The molecule has 64 valence electrons. The Morgan fingerprint density at radius 1 is 1.25 bits per heavy atom. The first kappa shape index (κ1) is 8.72. The lowest BCUT2D eigenvalue weighted by Gasteiger charge is -2.07. The summed E-state index contributed by atoms with van der Waals surface area (Å²) in [6.07, 6.45) is -1.99. The first-order valence-corrected chi connectivity index (χ1v) is 3.14. The summed E-state index contributed by atoms with van der Waals surface area (Å²) in [7, 11) is 0. The van der Waals surface area contributed by atoms with Crippen molar-refractivity contribution in [3.8, 4) is 0 Å². The molecule has 0 heterocycles. The quantitative estimate of drug-likeness (QED) is 0.555. The van der Waals surface area contributed by atoms with E-state index in [1.807, 2.05) is 0 Å². The molecule has 1 rings (SSSR count). The van der Waals surface area contributed by atoms with Gasteiger partial charge in [-0.05, 0) is 30.4 Å². The molecule has 0 spiro atoms. The molecule has 0 unspecified atom stereocenters. The zero-order valence-electron chi connectivity index (χ0n) is 6.20. The third kappa shape index (κ3) is 2.70. The number of halogens is 3. The van der Waals surface area contributed by atoms with E-state index in [1.54, 1.807) is 6.92 Å². The summed E-state index contributed by atoms with van der Waals surface area (Å²) in [5.74, 6) is -0.367. The minimum atomic E-state index is -4.65. The maximum absolute atomic E-state index is 11.6. The SMILES string of the molecule is CC1=C=C=C(OC(F)(F)F)C=C1. The van der Waals surface area contributed by atoms with E-state index in [0.29, 0.717) is 5.57 Å². The third-order valence-electron chi connectivity index (χ3n) is 1.09. The van der Waals surface area contributed by atoms with Crippen molar-refractivity contribution < 1.29 is 17.9 Å². The highest BCUT2D eigenvalue weighted by atomic mass is 19.4. The van der Waals surface area contributed by atoms with Crippen molar-refractivity contribution in [2.24, 2.45) is 0 Å². The van der Waals surface area contributed by atoms with Crippen LogP contribution in [0.3, 0.4) is 0 Å². The highest BCUT2D eigenvalue weighted by Crippen LogP contribution is 2.21. The van der Waals surface area contributed by atoms with E-state index in [2.05, 4.69) is 16.2 Å². The topological polar surface area (TPSA) is 9.23 Å². The number of hydrogen-bond acceptors (Lipinski definition) is 1. The van der Waals surface area contributed by atoms with Gasteiger partial charge in [0.15, 0.2) is 5.76 Å². The molecule has 0 amide bonds. The number of rotatable bonds is 1. The van der Waals surface area contributed by atoms with Crippen LogP contribution in [0.5, 0.6) is 0 Å². The first-order chi connectivity index (χ1) is 5.47. The molecule has 0 aliphatic heterocycles. The molecule has 0 fully saturated rings. The normalized spacial score (nSPS) is 15.7. The maximum Gasteiger partial charge on any atom is 0.573 e. The van der Waals surface area contributed by atoms with E-state index in [9.17, 15) is 13.2 Å². The van der Waals surface area contributed by atoms with Crippen LogP contribution in [0.25, 0.3) is 0 Å². The van der Waals surface area contributed by atoms with Gasteiger partial charge in [0.05, 0.1) is 0 Å². The summed E-state index contributed by atoms with van der Waals surface area (Å²) >= 11 is 0. The lowest BCUT2D eigenvalue weighted by Crippen LogP contribution is -2.11. The van der Waals surface area contributed by atoms with Crippen LogP contribution in [0, 0.1) is 0 Å². The predicted octanol–water partition coefficient (Wildman–Crippen LogP) is 2.68. The molecule has 0 radical (unpaired) electrons. The molecule has 1 aliphatic carbocycles. The maximum atomic E-state index is 11.6. The summed E-state index contributed by atoms with van der Waals surface area (Å²) in [4.78, 5) is 0. The fraction of sp³-hybridized carbons (Fsp3) is 0.250. The molecular weight excluding hydrogens is 169 g/mol. The standard InChI is InChI=1S/C8H5F3O/c1-6-2-4-7(5-3-6)12-8(9,10)11/h2,4H,1H3. The van der Waals surface area contributed by atoms with Gasteiger partial charge in [0.1, 0.15) is 0 Å². The van der Waals surface area contributed by atoms with Crippen LogP contribution in [-0.4, -0.2) is 6.36 Å². The van der Waals surface area contributed by atoms with Gasteiger partial charge in [-0.15, -0.1) is 13.2 Å². The second kappa shape index (κ2) is 2.94. The molecule has 0 atom stereocenters. The van der Waals surface area contributed by atoms with Gasteiger partial charge < -0.3 is 4.74 Å². The van der Waals surface area contributed by atoms with Gasteiger partial charge in [-0.2, -0.15) is 0 Å². The van der Waals surface area contributed by atoms with Crippen LogP contribution in [0.15, 0.2) is 34.9 Å². The van der Waals surface area contributed by atoms with Gasteiger partial charge in [0.2, 0.25) is 0 Å². The molecule has 12 heavy (non-hydrogen) atoms. The molecule has 0 saturated heterocycles. The zero-order chi connectivity index (χ0) is 9.19. The summed E-state index contributed by atoms with van der Waals surface area (Å²) in [5, 5.41) is 0. The number of ether oxygens (including phenoxy) is 1. The van der Waals surface area contributed by atoms with E-state index in [4.69, 9.17) is 0 Å². The Morgan fingerprint density at radius 3 is 2.33 bits per heavy atom. The van der Waals surface area contributed by atoms with Crippen molar-refractivity contribution in [1.82, 2.24) is 0 Å². The van der Waals surface area contributed by atoms with Crippen molar-refractivity contribution in [2.45, 2.75) is 13.3 Å². The van der Waals surface area contributed by atoms with Crippen molar-refractivity contribution in [1.29, 1.82) is 0 Å². The third-order valence-corrected chi connectivity index (χ3v) is 1.09. The largest absolute Gasteiger partial charge is 0.573 e. The molecule has 0 saturated carbocycles. The molecule has 1 nitrogen and oxygen atoms in total. The second-order valence-corrected chi connectivity index (χ2v) is 2.18. The van der Waals surface area contributed by atoms with Crippen molar-refractivity contribution in [2.75, 3.05) is 0 Å². The average Bonchev–Trinajstić information content (AvgIpc) is 1.91. The van der Waals surface area contributed by atoms with E-state index in [1.165, 1.54) is 12.2 Å². The van der Waals surface area contributed by atoms with E-state index in [0.717, 1.165) is 0 Å². The van der Waals surface area contributed by atoms with Gasteiger partial charge >= 0.3 is 6.36 Å². The first-order valence-electron chi connectivity index (χ1n) is 3.14. The van der Waals surface area contributed by atoms with Crippen molar-refractivity contribution in [3.63, 3.8) is 0 Å². The van der Waals surface area contributed by atoms with E-state index >= 15 is 0 Å². The second-order valence-electron chi connectivity index (χ2n) is 2.18. The number of hydrogen-bond donors (Lipinski definition) is 0. The van der Waals surface area contributed by atoms with Crippen LogP contribution >= 0.6 is 0 Å². The lowest BCUT2D eigenvalue weighted by atomic mass is 10.2. The summed E-state index contributed by atoms with van der Waals surface area (Å²) < 4.78 is 38.3. The van der Waals surface area contributed by atoms with E-state index in [-0.39, 0.29) is 5.76 Å². The minimum absolute atomic E-state index is 0.367. The van der Waals surface area contributed by atoms with Crippen LogP contribution in [0.2, 0.25) is 0 Å². The zero-order valence-corrected chi connectivity index (χ0v) is 6.20. The fourth-order valence-electron chi connectivity index (χ4n) is 0.628. The number of alkyl halides is 3. The molecule has 0 N–H and O–H groups in total. The summed E-state index contributed by atoms with van der Waals surface area (Å²) in [6, 6.07) is 0. The van der Waals surface area contributed by atoms with E-state index < -0.39 is 6.36 Å². The van der Waals surface area contributed by atoms with Gasteiger partial charge in [0.25, 0.3) is 0 Å². The predicted molar refractivity (Wildman–Crippen MR) is 36.0 cm³/mol. The van der Waals surface area contributed by atoms with Gasteiger partial charge in [-0.1, -0.05) is 5.73 Å². The Bertz CT molecular complexity index is 310. The van der Waals surface area contributed by atoms with Gasteiger partial charge in [-0.3, -0.25) is 0 Å². The van der Waals surface area contributed by atoms with Crippen LogP contribution < -0.4 is 0 Å². The van der Waals surface area contributed by atoms with Crippen LogP contribution in [-0.2, 0) is 4.74 Å². The Balaban J connectivity index is 2.82. The Kier molecular flexibility index (Phi) is 2.13. The van der Waals surface area contributed by atoms with Crippen molar-refractivity contribution >= 4 is 0 Å². The lowest BCUT2D eigenvalue weighted by molar-refractivity contribution is -0.303. The van der Waals surface area contributed by atoms with Gasteiger partial charge in [-0.25, -0.2) is 0 Å². The highest BCUT2D eigenvalue weighted by Gasteiger charge is 2.31. The molecule has 0 aromatic carbocycles. The molecule has 4 heteroatoms. The smallest absolute Gasteiger partial charge is 0.397 e. The van der Waals surface area contributed by atoms with Crippen LogP contribution in [0.1, 0.15) is 6.92 Å². The Morgan fingerprint density at radius 2 is 1.92 bits per heavy atom. The minimum Gasteiger partial charge on any atom is -0.397 e. The Hall–Kier alpha value is -1.37. The van der Waals surface area contributed by atoms with Crippen molar-refractivity contribution in [3.05, 3.63) is 34.9 Å². The van der Waals surface area contributed by atoms with Gasteiger partial charge in [0, 0.05) is 0 Å². The fourth-order valence-corrected chi connectivity index (χ4v) is 0.628. The molecule has 0 aromatic rings. The highest BCUT2D eigenvalue weighted by molar-refractivity contribution is 5.27. The van der Waals surface area contributed by atoms with Crippen LogP contribution in [0.4, 0.5) is 13.2 Å². The average molecular weight is 174 g/mol. The summed E-state index contributed by atoms with van der Waals surface area (Å²) in [5.41, 5.74) is 5.41.